The van der Waals surface area contributed by atoms with Crippen LogP contribution in [-0.4, -0.2) is 15.9 Å². The molecule has 2 aromatic heterocycles. The molecule has 1 amide bonds. The number of para-hydroxylation sites is 1. The summed E-state index contributed by atoms with van der Waals surface area (Å²) in [5, 5.41) is 7.15. The van der Waals surface area contributed by atoms with Crippen LogP contribution in [0.25, 0.3) is 0 Å². The molecule has 0 bridgehead atoms. The zero-order chi connectivity index (χ0) is 18.7. The second-order valence-corrected chi connectivity index (χ2v) is 7.79. The first-order chi connectivity index (χ1) is 12.5. The Kier molecular flexibility index (Phi) is 5.90. The number of aryl methyl sites for hydroxylation is 2. The van der Waals surface area contributed by atoms with Crippen molar-refractivity contribution < 1.29 is 4.79 Å². The average molecular weight is 452 g/mol. The first kappa shape index (κ1) is 18.8. The SMILES string of the molecule is CCc1ccc(Br)nc1Nc1ncc(C(=O)Nc2c(C)cccc2Cl)s1. The van der Waals surface area contributed by atoms with E-state index >= 15 is 0 Å². The zero-order valence-electron chi connectivity index (χ0n) is 14.1. The predicted molar refractivity (Wildman–Crippen MR) is 111 cm³/mol. The van der Waals surface area contributed by atoms with Crippen LogP contribution >= 0.6 is 38.9 Å². The highest BCUT2D eigenvalue weighted by Crippen LogP contribution is 2.28. The molecule has 0 unspecified atom stereocenters. The van der Waals surface area contributed by atoms with Crippen molar-refractivity contribution in [2.75, 3.05) is 10.6 Å². The highest BCUT2D eigenvalue weighted by Gasteiger charge is 2.15. The number of thiazole rings is 1. The average Bonchev–Trinajstić information content (AvgIpc) is 3.07. The van der Waals surface area contributed by atoms with Crippen molar-refractivity contribution in [1.29, 1.82) is 0 Å². The van der Waals surface area contributed by atoms with Gasteiger partial charge in [0.1, 0.15) is 15.3 Å². The Bertz CT molecular complexity index is 940. The minimum absolute atomic E-state index is 0.246. The second kappa shape index (κ2) is 8.16. The highest BCUT2D eigenvalue weighted by molar-refractivity contribution is 9.10. The van der Waals surface area contributed by atoms with Crippen LogP contribution in [0.4, 0.5) is 16.6 Å². The van der Waals surface area contributed by atoms with Crippen molar-refractivity contribution in [2.45, 2.75) is 20.3 Å². The number of carbonyl (C=O) groups excluding carboxylic acids is 1. The number of rotatable bonds is 5. The van der Waals surface area contributed by atoms with Gasteiger partial charge in [0.05, 0.1) is 16.9 Å². The van der Waals surface area contributed by atoms with Crippen molar-refractivity contribution in [2.24, 2.45) is 0 Å². The fraction of sp³-hybridized carbons (Fsp3) is 0.167. The van der Waals surface area contributed by atoms with Crippen molar-refractivity contribution in [1.82, 2.24) is 9.97 Å². The summed E-state index contributed by atoms with van der Waals surface area (Å²) in [7, 11) is 0. The van der Waals surface area contributed by atoms with E-state index in [4.69, 9.17) is 11.6 Å². The van der Waals surface area contributed by atoms with Gasteiger partial charge in [0.15, 0.2) is 5.13 Å². The number of pyridine rings is 1. The third-order valence-corrected chi connectivity index (χ3v) is 5.41. The van der Waals surface area contributed by atoms with Gasteiger partial charge in [-0.15, -0.1) is 0 Å². The molecule has 0 fully saturated rings. The smallest absolute Gasteiger partial charge is 0.267 e. The molecule has 0 atom stereocenters. The zero-order valence-corrected chi connectivity index (χ0v) is 17.3. The number of hydrogen-bond donors (Lipinski definition) is 2. The van der Waals surface area contributed by atoms with Gasteiger partial charge in [-0.3, -0.25) is 4.79 Å². The van der Waals surface area contributed by atoms with Crippen LogP contribution < -0.4 is 10.6 Å². The topological polar surface area (TPSA) is 66.9 Å². The Hall–Kier alpha value is -1.96. The monoisotopic (exact) mass is 450 g/mol. The Morgan fingerprint density at radius 1 is 1.31 bits per heavy atom. The first-order valence-electron chi connectivity index (χ1n) is 7.92. The number of aromatic nitrogens is 2. The van der Waals surface area contributed by atoms with Gasteiger partial charge in [0.25, 0.3) is 5.91 Å². The maximum Gasteiger partial charge on any atom is 0.267 e. The van der Waals surface area contributed by atoms with Crippen LogP contribution in [0.1, 0.15) is 27.7 Å². The molecular weight excluding hydrogens is 436 g/mol. The molecule has 0 saturated heterocycles. The summed E-state index contributed by atoms with van der Waals surface area (Å²) in [4.78, 5) is 21.7. The number of nitrogens with one attached hydrogen (secondary N) is 2. The van der Waals surface area contributed by atoms with E-state index in [1.165, 1.54) is 17.5 Å². The van der Waals surface area contributed by atoms with Gasteiger partial charge in [-0.25, -0.2) is 9.97 Å². The summed E-state index contributed by atoms with van der Waals surface area (Å²) in [6, 6.07) is 9.39. The van der Waals surface area contributed by atoms with Gasteiger partial charge in [-0.1, -0.05) is 48.1 Å². The van der Waals surface area contributed by atoms with Crippen LogP contribution in [-0.2, 0) is 6.42 Å². The summed E-state index contributed by atoms with van der Waals surface area (Å²) in [6.45, 7) is 3.95. The lowest BCUT2D eigenvalue weighted by atomic mass is 10.2. The number of hydrogen-bond acceptors (Lipinski definition) is 5. The molecule has 0 spiro atoms. The third kappa shape index (κ3) is 4.23. The summed E-state index contributed by atoms with van der Waals surface area (Å²) < 4.78 is 0.737. The molecule has 3 rings (SSSR count). The minimum atomic E-state index is -0.246. The summed E-state index contributed by atoms with van der Waals surface area (Å²) in [5.74, 6) is 0.481. The molecule has 26 heavy (non-hydrogen) atoms. The van der Waals surface area contributed by atoms with Gasteiger partial charge in [-0.2, -0.15) is 0 Å². The van der Waals surface area contributed by atoms with Crippen LogP contribution in [0.15, 0.2) is 41.1 Å². The fourth-order valence-corrected chi connectivity index (χ4v) is 3.65. The van der Waals surface area contributed by atoms with Crippen molar-refractivity contribution in [3.63, 3.8) is 0 Å². The van der Waals surface area contributed by atoms with E-state index in [1.807, 2.05) is 31.2 Å². The largest absolute Gasteiger partial charge is 0.320 e. The third-order valence-electron chi connectivity index (χ3n) is 3.74. The standard InChI is InChI=1S/C18H16BrClN4OS/c1-3-11-7-8-14(19)22-16(11)24-18-21-9-13(26-18)17(25)23-15-10(2)5-4-6-12(15)20/h4-9H,3H2,1-2H3,(H,23,25)(H,21,22,24). The van der Waals surface area contributed by atoms with Crippen molar-refractivity contribution >= 4 is 61.4 Å². The van der Waals surface area contributed by atoms with E-state index in [2.05, 4.69) is 43.5 Å². The molecule has 0 aliphatic carbocycles. The molecule has 3 aromatic rings. The van der Waals surface area contributed by atoms with Crippen LogP contribution in [0.5, 0.6) is 0 Å². The lowest BCUT2D eigenvalue weighted by Gasteiger charge is -2.09. The lowest BCUT2D eigenvalue weighted by Crippen LogP contribution is -2.11. The van der Waals surface area contributed by atoms with Crippen LogP contribution in [0.2, 0.25) is 5.02 Å². The summed E-state index contributed by atoms with van der Waals surface area (Å²) in [5.41, 5.74) is 2.59. The molecule has 0 aliphatic heterocycles. The Balaban J connectivity index is 1.78. The number of halogens is 2. The number of amides is 1. The first-order valence-corrected chi connectivity index (χ1v) is 9.91. The van der Waals surface area contributed by atoms with E-state index in [1.54, 1.807) is 6.07 Å². The molecule has 5 nitrogen and oxygen atoms in total. The van der Waals surface area contributed by atoms with E-state index < -0.39 is 0 Å². The maximum absolute atomic E-state index is 12.5. The summed E-state index contributed by atoms with van der Waals surface area (Å²) in [6.07, 6.45) is 2.38. The Labute approximate surface area is 169 Å². The van der Waals surface area contributed by atoms with Gasteiger partial charge in [0, 0.05) is 0 Å². The van der Waals surface area contributed by atoms with Gasteiger partial charge in [0.2, 0.25) is 0 Å². The van der Waals surface area contributed by atoms with Gasteiger partial charge >= 0.3 is 0 Å². The molecule has 134 valence electrons. The number of anilines is 3. The lowest BCUT2D eigenvalue weighted by molar-refractivity contribution is 0.103. The maximum atomic E-state index is 12.5. The Morgan fingerprint density at radius 2 is 2.12 bits per heavy atom. The number of benzene rings is 1. The highest BCUT2D eigenvalue weighted by atomic mass is 79.9. The molecule has 0 aliphatic rings. The fourth-order valence-electron chi connectivity index (χ4n) is 2.36. The molecule has 1 aromatic carbocycles. The van der Waals surface area contributed by atoms with Crippen molar-refractivity contribution in [3.05, 3.63) is 62.2 Å². The quantitative estimate of drug-likeness (QED) is 0.480. The van der Waals surface area contributed by atoms with E-state index in [-0.39, 0.29) is 5.91 Å². The molecule has 8 heteroatoms. The van der Waals surface area contributed by atoms with Crippen molar-refractivity contribution in [3.8, 4) is 0 Å². The normalized spacial score (nSPS) is 10.6. The Morgan fingerprint density at radius 3 is 2.85 bits per heavy atom. The predicted octanol–water partition coefficient (Wildman–Crippen LogP) is 5.82. The van der Waals surface area contributed by atoms with E-state index in [0.29, 0.717) is 20.7 Å². The van der Waals surface area contributed by atoms with Crippen LogP contribution in [0.3, 0.4) is 0 Å². The number of carbonyl (C=O) groups is 1. The molecular formula is C18H16BrClN4OS. The molecule has 0 radical (unpaired) electrons. The molecule has 2 heterocycles. The van der Waals surface area contributed by atoms with Gasteiger partial charge in [-0.05, 0) is 52.5 Å². The second-order valence-electron chi connectivity index (χ2n) is 5.54. The van der Waals surface area contributed by atoms with E-state index in [9.17, 15) is 4.79 Å². The molecule has 2 N–H and O–H groups in total. The van der Waals surface area contributed by atoms with E-state index in [0.717, 1.165) is 28.0 Å². The molecule has 0 saturated carbocycles. The number of nitrogens with zero attached hydrogens (tertiary/aromatic N) is 2. The summed E-state index contributed by atoms with van der Waals surface area (Å²) >= 11 is 10.8. The van der Waals surface area contributed by atoms with Crippen LogP contribution in [0, 0.1) is 6.92 Å². The van der Waals surface area contributed by atoms with Gasteiger partial charge < -0.3 is 10.6 Å². The minimum Gasteiger partial charge on any atom is -0.320 e.